The zero-order chi connectivity index (χ0) is 12.3. The largest absolute Gasteiger partial charge is 0.330 e. The summed E-state index contributed by atoms with van der Waals surface area (Å²) in [6.07, 6.45) is 3.39. The Balaban J connectivity index is 2.04. The van der Waals surface area contributed by atoms with Gasteiger partial charge in [-0.3, -0.25) is 0 Å². The van der Waals surface area contributed by atoms with E-state index in [1.54, 1.807) is 0 Å². The Morgan fingerprint density at radius 2 is 2.18 bits per heavy atom. The Kier molecular flexibility index (Phi) is 4.13. The van der Waals surface area contributed by atoms with Gasteiger partial charge < -0.3 is 5.73 Å². The van der Waals surface area contributed by atoms with Crippen LogP contribution in [-0.4, -0.2) is 11.5 Å². The molecular formula is C14H20N2S. The summed E-state index contributed by atoms with van der Waals surface area (Å²) in [5.74, 6) is 0.703. The van der Waals surface area contributed by atoms with Crippen LogP contribution in [0.2, 0.25) is 0 Å². The Labute approximate surface area is 107 Å². The van der Waals surface area contributed by atoms with Crippen molar-refractivity contribution in [3.05, 3.63) is 28.8 Å². The van der Waals surface area contributed by atoms with Crippen LogP contribution < -0.4 is 5.73 Å². The van der Waals surface area contributed by atoms with E-state index < -0.39 is 0 Å². The number of hydrogen-bond donors (Lipinski definition) is 1. The maximum atomic E-state index is 5.56. The molecule has 3 heteroatoms. The third-order valence-electron chi connectivity index (χ3n) is 3.10. The predicted molar refractivity (Wildman–Crippen MR) is 75.5 cm³/mol. The third-order valence-corrected chi connectivity index (χ3v) is 4.18. The Bertz CT molecular complexity index is 490. The number of benzene rings is 1. The van der Waals surface area contributed by atoms with Gasteiger partial charge in [-0.05, 0) is 56.3 Å². The molecule has 0 aliphatic rings. The quantitative estimate of drug-likeness (QED) is 0.879. The van der Waals surface area contributed by atoms with Gasteiger partial charge in [0.25, 0.3) is 0 Å². The van der Waals surface area contributed by atoms with Gasteiger partial charge in [-0.25, -0.2) is 4.98 Å². The lowest BCUT2D eigenvalue weighted by Gasteiger charge is -2.07. The van der Waals surface area contributed by atoms with Gasteiger partial charge in [0.05, 0.1) is 15.2 Å². The second kappa shape index (κ2) is 5.61. The zero-order valence-corrected chi connectivity index (χ0v) is 11.4. The van der Waals surface area contributed by atoms with Crippen molar-refractivity contribution < 1.29 is 0 Å². The van der Waals surface area contributed by atoms with Crippen molar-refractivity contribution in [1.82, 2.24) is 4.98 Å². The third kappa shape index (κ3) is 3.27. The highest BCUT2D eigenvalue weighted by Gasteiger charge is 2.06. The first-order valence-electron chi connectivity index (χ1n) is 6.25. The minimum Gasteiger partial charge on any atom is -0.330 e. The molecule has 0 bridgehead atoms. The number of aryl methyl sites for hydroxylation is 2. The number of fused-ring (bicyclic) bond motifs is 1. The highest BCUT2D eigenvalue weighted by Crippen LogP contribution is 2.25. The van der Waals surface area contributed by atoms with E-state index in [-0.39, 0.29) is 0 Å². The molecule has 1 aromatic carbocycles. The molecule has 17 heavy (non-hydrogen) atoms. The highest BCUT2D eigenvalue weighted by atomic mass is 32.1. The normalized spacial score (nSPS) is 13.1. The van der Waals surface area contributed by atoms with Crippen LogP contribution in [0.1, 0.15) is 30.3 Å². The maximum absolute atomic E-state index is 5.56. The molecule has 0 fully saturated rings. The minimum absolute atomic E-state index is 0.703. The van der Waals surface area contributed by atoms with E-state index in [2.05, 4.69) is 37.0 Å². The van der Waals surface area contributed by atoms with Crippen molar-refractivity contribution in [2.45, 2.75) is 33.1 Å². The van der Waals surface area contributed by atoms with Gasteiger partial charge in [-0.1, -0.05) is 13.0 Å². The number of thiazole rings is 1. The van der Waals surface area contributed by atoms with Gasteiger partial charge in [-0.15, -0.1) is 11.3 Å². The van der Waals surface area contributed by atoms with E-state index in [1.165, 1.54) is 21.7 Å². The van der Waals surface area contributed by atoms with Gasteiger partial charge in [0.1, 0.15) is 0 Å². The van der Waals surface area contributed by atoms with Gasteiger partial charge in [0.15, 0.2) is 0 Å². The van der Waals surface area contributed by atoms with Crippen LogP contribution in [0.15, 0.2) is 18.2 Å². The molecule has 0 aliphatic heterocycles. The summed E-state index contributed by atoms with van der Waals surface area (Å²) in [6, 6.07) is 6.47. The van der Waals surface area contributed by atoms with Crippen LogP contribution in [0.25, 0.3) is 10.2 Å². The van der Waals surface area contributed by atoms with Crippen molar-refractivity contribution in [3.63, 3.8) is 0 Å². The predicted octanol–water partition coefficient (Wildman–Crippen LogP) is 3.52. The Hall–Kier alpha value is -0.930. The Morgan fingerprint density at radius 3 is 2.94 bits per heavy atom. The molecule has 1 atom stereocenters. The van der Waals surface area contributed by atoms with Crippen molar-refractivity contribution in [2.24, 2.45) is 11.7 Å². The molecule has 0 aliphatic carbocycles. The summed E-state index contributed by atoms with van der Waals surface area (Å²) in [6.45, 7) is 5.19. The van der Waals surface area contributed by atoms with E-state index in [0.29, 0.717) is 5.92 Å². The van der Waals surface area contributed by atoms with Crippen molar-refractivity contribution in [2.75, 3.05) is 6.54 Å². The summed E-state index contributed by atoms with van der Waals surface area (Å²) in [7, 11) is 0. The SMILES string of the molecule is Cc1ccc2nc(CCC(C)CCN)sc2c1. The monoisotopic (exact) mass is 248 g/mol. The highest BCUT2D eigenvalue weighted by molar-refractivity contribution is 7.18. The van der Waals surface area contributed by atoms with Gasteiger partial charge in [-0.2, -0.15) is 0 Å². The van der Waals surface area contributed by atoms with Gasteiger partial charge in [0, 0.05) is 0 Å². The van der Waals surface area contributed by atoms with E-state index in [0.717, 1.165) is 24.9 Å². The molecule has 0 saturated carbocycles. The maximum Gasteiger partial charge on any atom is 0.0938 e. The molecule has 1 heterocycles. The van der Waals surface area contributed by atoms with E-state index in [4.69, 9.17) is 5.73 Å². The van der Waals surface area contributed by atoms with Gasteiger partial charge >= 0.3 is 0 Å². The molecule has 0 radical (unpaired) electrons. The van der Waals surface area contributed by atoms with Gasteiger partial charge in [0.2, 0.25) is 0 Å². The van der Waals surface area contributed by atoms with Crippen molar-refractivity contribution >= 4 is 21.6 Å². The second-order valence-corrected chi connectivity index (χ2v) is 5.92. The average molecular weight is 248 g/mol. The molecule has 0 saturated heterocycles. The zero-order valence-electron chi connectivity index (χ0n) is 10.6. The first-order chi connectivity index (χ1) is 8.19. The summed E-state index contributed by atoms with van der Waals surface area (Å²) in [5, 5.41) is 1.26. The average Bonchev–Trinajstić information content (AvgIpc) is 2.68. The summed E-state index contributed by atoms with van der Waals surface area (Å²) < 4.78 is 1.31. The number of rotatable bonds is 5. The minimum atomic E-state index is 0.703. The van der Waals surface area contributed by atoms with E-state index in [1.807, 2.05) is 11.3 Å². The fraction of sp³-hybridized carbons (Fsp3) is 0.500. The molecule has 0 amide bonds. The number of nitrogens with two attached hydrogens (primary N) is 1. The molecule has 2 N–H and O–H groups in total. The van der Waals surface area contributed by atoms with Crippen molar-refractivity contribution in [1.29, 1.82) is 0 Å². The standard InChI is InChI=1S/C14H20N2S/c1-10(7-8-15)4-6-14-16-12-5-3-11(2)9-13(12)17-14/h3,5,9-10H,4,6-8,15H2,1-2H3. The fourth-order valence-corrected chi connectivity index (χ4v) is 3.07. The smallest absolute Gasteiger partial charge is 0.0938 e. The second-order valence-electron chi connectivity index (χ2n) is 4.80. The van der Waals surface area contributed by atoms with E-state index >= 15 is 0 Å². The lowest BCUT2D eigenvalue weighted by Crippen LogP contribution is -2.06. The lowest BCUT2D eigenvalue weighted by atomic mass is 10.0. The molecule has 92 valence electrons. The molecular weight excluding hydrogens is 228 g/mol. The first-order valence-corrected chi connectivity index (χ1v) is 7.07. The lowest BCUT2D eigenvalue weighted by molar-refractivity contribution is 0.499. The fourth-order valence-electron chi connectivity index (χ4n) is 1.99. The van der Waals surface area contributed by atoms with Crippen molar-refractivity contribution in [3.8, 4) is 0 Å². The topological polar surface area (TPSA) is 38.9 Å². The summed E-state index contributed by atoms with van der Waals surface area (Å²) in [4.78, 5) is 4.67. The molecule has 1 unspecified atom stereocenters. The number of hydrogen-bond acceptors (Lipinski definition) is 3. The van der Waals surface area contributed by atoms with Crippen LogP contribution in [0.3, 0.4) is 0 Å². The Morgan fingerprint density at radius 1 is 1.35 bits per heavy atom. The summed E-state index contributed by atoms with van der Waals surface area (Å²) in [5.41, 5.74) is 8.01. The molecule has 2 aromatic rings. The molecule has 0 spiro atoms. The molecule has 2 rings (SSSR count). The van der Waals surface area contributed by atoms with Crippen LogP contribution in [-0.2, 0) is 6.42 Å². The van der Waals surface area contributed by atoms with Crippen LogP contribution in [0.4, 0.5) is 0 Å². The number of nitrogens with zero attached hydrogens (tertiary/aromatic N) is 1. The van der Waals surface area contributed by atoms with E-state index in [9.17, 15) is 0 Å². The summed E-state index contributed by atoms with van der Waals surface area (Å²) >= 11 is 1.83. The first kappa shape index (κ1) is 12.5. The molecule has 1 aromatic heterocycles. The number of aromatic nitrogens is 1. The van der Waals surface area contributed by atoms with Crippen LogP contribution >= 0.6 is 11.3 Å². The van der Waals surface area contributed by atoms with Crippen LogP contribution in [0.5, 0.6) is 0 Å². The van der Waals surface area contributed by atoms with Crippen LogP contribution in [0, 0.1) is 12.8 Å². The molecule has 2 nitrogen and oxygen atoms in total.